The minimum Gasteiger partial charge on any atom is -0.375 e. The molecule has 1 aliphatic rings. The quantitative estimate of drug-likeness (QED) is 0.866. The van der Waals surface area contributed by atoms with Crippen molar-refractivity contribution in [3.8, 4) is 6.07 Å². The highest BCUT2D eigenvalue weighted by Gasteiger charge is 2.34. The number of benzene rings is 1. The second-order valence-electron chi connectivity index (χ2n) is 4.69. The molecule has 2 atom stereocenters. The predicted octanol–water partition coefficient (Wildman–Crippen LogP) is 2.24. The minimum absolute atomic E-state index is 0.273. The van der Waals surface area contributed by atoms with Crippen molar-refractivity contribution in [1.29, 1.82) is 5.26 Å². The molecule has 17 heavy (non-hydrogen) atoms. The van der Waals surface area contributed by atoms with E-state index in [4.69, 9.17) is 4.74 Å². The van der Waals surface area contributed by atoms with E-state index in [9.17, 15) is 5.26 Å². The van der Waals surface area contributed by atoms with Gasteiger partial charge in [0.15, 0.2) is 0 Å². The van der Waals surface area contributed by atoms with E-state index >= 15 is 0 Å². The SMILES string of the molecule is CC1CCC(C#N)(NCc2ccccc2)CO1. The lowest BCUT2D eigenvalue weighted by atomic mass is 9.91. The first-order valence-electron chi connectivity index (χ1n) is 6.06. The molecule has 1 saturated heterocycles. The first kappa shape index (κ1) is 12.1. The largest absolute Gasteiger partial charge is 0.375 e. The summed E-state index contributed by atoms with van der Waals surface area (Å²) in [4.78, 5) is 0. The molecule has 0 radical (unpaired) electrons. The third kappa shape index (κ3) is 3.06. The van der Waals surface area contributed by atoms with Gasteiger partial charge < -0.3 is 4.74 Å². The van der Waals surface area contributed by atoms with Crippen molar-refractivity contribution in [2.75, 3.05) is 6.61 Å². The van der Waals surface area contributed by atoms with Crippen LogP contribution in [-0.4, -0.2) is 18.2 Å². The number of rotatable bonds is 3. The van der Waals surface area contributed by atoms with E-state index in [0.717, 1.165) is 12.8 Å². The van der Waals surface area contributed by atoms with Gasteiger partial charge in [-0.3, -0.25) is 5.32 Å². The van der Waals surface area contributed by atoms with Crippen LogP contribution in [0.2, 0.25) is 0 Å². The highest BCUT2D eigenvalue weighted by atomic mass is 16.5. The number of hydrogen-bond donors (Lipinski definition) is 1. The lowest BCUT2D eigenvalue weighted by molar-refractivity contribution is -0.0126. The first-order valence-corrected chi connectivity index (χ1v) is 6.06. The van der Waals surface area contributed by atoms with Crippen LogP contribution >= 0.6 is 0 Å². The Bertz CT molecular complexity index is 388. The maximum atomic E-state index is 9.31. The maximum Gasteiger partial charge on any atom is 0.130 e. The Morgan fingerprint density at radius 2 is 2.24 bits per heavy atom. The van der Waals surface area contributed by atoms with Gasteiger partial charge in [-0.25, -0.2) is 0 Å². The summed E-state index contributed by atoms with van der Waals surface area (Å²) in [6, 6.07) is 12.5. The molecular weight excluding hydrogens is 212 g/mol. The number of nitriles is 1. The van der Waals surface area contributed by atoms with E-state index < -0.39 is 5.54 Å². The third-order valence-electron chi connectivity index (χ3n) is 3.28. The van der Waals surface area contributed by atoms with Crippen LogP contribution in [-0.2, 0) is 11.3 Å². The predicted molar refractivity (Wildman–Crippen MR) is 66.3 cm³/mol. The van der Waals surface area contributed by atoms with Crippen LogP contribution in [0.5, 0.6) is 0 Å². The van der Waals surface area contributed by atoms with Gasteiger partial charge in [0, 0.05) is 6.54 Å². The Kier molecular flexibility index (Phi) is 3.78. The van der Waals surface area contributed by atoms with E-state index in [1.807, 2.05) is 18.2 Å². The second kappa shape index (κ2) is 5.31. The van der Waals surface area contributed by atoms with Crippen molar-refractivity contribution in [3.05, 3.63) is 35.9 Å². The van der Waals surface area contributed by atoms with Crippen molar-refractivity contribution in [2.24, 2.45) is 0 Å². The molecule has 0 spiro atoms. The monoisotopic (exact) mass is 230 g/mol. The molecule has 1 heterocycles. The van der Waals surface area contributed by atoms with Crippen molar-refractivity contribution in [2.45, 2.75) is 38.0 Å². The van der Waals surface area contributed by atoms with Gasteiger partial charge in [-0.05, 0) is 25.3 Å². The Hall–Kier alpha value is -1.37. The minimum atomic E-state index is -0.512. The molecule has 0 saturated carbocycles. The first-order chi connectivity index (χ1) is 8.24. The van der Waals surface area contributed by atoms with E-state index in [2.05, 4.69) is 30.4 Å². The zero-order valence-corrected chi connectivity index (χ0v) is 10.1. The molecule has 1 fully saturated rings. The standard InChI is InChI=1S/C14H18N2O/c1-12-7-8-14(10-15,11-17-12)16-9-13-5-3-2-4-6-13/h2-6,12,16H,7-9,11H2,1H3. The Labute approximate surface area is 102 Å². The molecular formula is C14H18N2O. The summed E-state index contributed by atoms with van der Waals surface area (Å²) < 4.78 is 5.59. The molecule has 1 N–H and O–H groups in total. The lowest BCUT2D eigenvalue weighted by Crippen LogP contribution is -2.51. The summed E-state index contributed by atoms with van der Waals surface area (Å²) in [7, 11) is 0. The van der Waals surface area contributed by atoms with Gasteiger partial charge in [-0.2, -0.15) is 5.26 Å². The van der Waals surface area contributed by atoms with Crippen LogP contribution in [0.3, 0.4) is 0 Å². The van der Waals surface area contributed by atoms with Gasteiger partial charge in [-0.15, -0.1) is 0 Å². The average molecular weight is 230 g/mol. The molecule has 2 rings (SSSR count). The third-order valence-corrected chi connectivity index (χ3v) is 3.28. The Morgan fingerprint density at radius 1 is 1.47 bits per heavy atom. The second-order valence-corrected chi connectivity index (χ2v) is 4.69. The van der Waals surface area contributed by atoms with Crippen LogP contribution in [0.4, 0.5) is 0 Å². The van der Waals surface area contributed by atoms with E-state index in [1.165, 1.54) is 5.56 Å². The Balaban J connectivity index is 1.95. The van der Waals surface area contributed by atoms with E-state index in [1.54, 1.807) is 0 Å². The summed E-state index contributed by atoms with van der Waals surface area (Å²) in [5.74, 6) is 0. The summed E-state index contributed by atoms with van der Waals surface area (Å²) in [5, 5.41) is 12.6. The zero-order valence-electron chi connectivity index (χ0n) is 10.1. The highest BCUT2D eigenvalue weighted by Crippen LogP contribution is 2.22. The van der Waals surface area contributed by atoms with Gasteiger partial charge in [-0.1, -0.05) is 30.3 Å². The lowest BCUT2D eigenvalue weighted by Gasteiger charge is -2.34. The van der Waals surface area contributed by atoms with Crippen molar-refractivity contribution >= 4 is 0 Å². The number of nitrogens with one attached hydrogen (secondary N) is 1. The fourth-order valence-electron chi connectivity index (χ4n) is 2.02. The summed E-state index contributed by atoms with van der Waals surface area (Å²) in [5.41, 5.74) is 0.684. The van der Waals surface area contributed by atoms with Crippen LogP contribution in [0.1, 0.15) is 25.3 Å². The van der Waals surface area contributed by atoms with Crippen LogP contribution in [0.25, 0.3) is 0 Å². The summed E-state index contributed by atoms with van der Waals surface area (Å²) in [6.45, 7) is 3.25. The smallest absolute Gasteiger partial charge is 0.130 e. The molecule has 1 aromatic carbocycles. The molecule has 0 aliphatic carbocycles. The van der Waals surface area contributed by atoms with Crippen molar-refractivity contribution in [1.82, 2.24) is 5.32 Å². The van der Waals surface area contributed by atoms with Crippen molar-refractivity contribution < 1.29 is 4.74 Å². The van der Waals surface area contributed by atoms with Gasteiger partial charge in [0.25, 0.3) is 0 Å². The van der Waals surface area contributed by atoms with E-state index in [-0.39, 0.29) is 6.10 Å². The van der Waals surface area contributed by atoms with E-state index in [0.29, 0.717) is 13.2 Å². The molecule has 90 valence electrons. The molecule has 2 unspecified atom stereocenters. The molecule has 0 bridgehead atoms. The molecule has 3 heteroatoms. The van der Waals surface area contributed by atoms with Gasteiger partial charge in [0.05, 0.1) is 18.8 Å². The fraction of sp³-hybridized carbons (Fsp3) is 0.500. The zero-order chi connectivity index (χ0) is 12.1. The molecule has 0 aromatic heterocycles. The number of ether oxygens (including phenoxy) is 1. The van der Waals surface area contributed by atoms with Crippen LogP contribution in [0, 0.1) is 11.3 Å². The molecule has 3 nitrogen and oxygen atoms in total. The van der Waals surface area contributed by atoms with Crippen LogP contribution in [0.15, 0.2) is 30.3 Å². The average Bonchev–Trinajstić information content (AvgIpc) is 2.40. The highest BCUT2D eigenvalue weighted by molar-refractivity contribution is 5.17. The Morgan fingerprint density at radius 3 is 2.82 bits per heavy atom. The normalized spacial score (nSPS) is 28.6. The molecule has 1 aliphatic heterocycles. The molecule has 1 aromatic rings. The van der Waals surface area contributed by atoms with Gasteiger partial charge >= 0.3 is 0 Å². The van der Waals surface area contributed by atoms with Crippen LogP contribution < -0.4 is 5.32 Å². The molecule has 0 amide bonds. The topological polar surface area (TPSA) is 45.0 Å². The maximum absolute atomic E-state index is 9.31. The number of hydrogen-bond acceptors (Lipinski definition) is 3. The fourth-order valence-corrected chi connectivity index (χ4v) is 2.02. The number of nitrogens with zero attached hydrogens (tertiary/aromatic N) is 1. The van der Waals surface area contributed by atoms with Crippen molar-refractivity contribution in [3.63, 3.8) is 0 Å². The summed E-state index contributed by atoms with van der Waals surface area (Å²) in [6.07, 6.45) is 2.07. The van der Waals surface area contributed by atoms with Gasteiger partial charge in [0.1, 0.15) is 5.54 Å². The summed E-state index contributed by atoms with van der Waals surface area (Å²) >= 11 is 0. The van der Waals surface area contributed by atoms with Gasteiger partial charge in [0.2, 0.25) is 0 Å².